The van der Waals surface area contributed by atoms with Crippen molar-refractivity contribution in [1.82, 2.24) is 9.97 Å². The summed E-state index contributed by atoms with van der Waals surface area (Å²) < 4.78 is 11.8. The van der Waals surface area contributed by atoms with Crippen molar-refractivity contribution in [3.63, 3.8) is 0 Å². The molecule has 0 atom stereocenters. The van der Waals surface area contributed by atoms with Gasteiger partial charge in [-0.25, -0.2) is 4.98 Å². The Hall–Kier alpha value is -2.75. The zero-order chi connectivity index (χ0) is 19.8. The van der Waals surface area contributed by atoms with Crippen LogP contribution < -0.4 is 15.2 Å². The summed E-state index contributed by atoms with van der Waals surface area (Å²) in [6.07, 6.45) is 3.55. The van der Waals surface area contributed by atoms with E-state index < -0.39 is 8.07 Å². The van der Waals surface area contributed by atoms with Gasteiger partial charge >= 0.3 is 21.1 Å². The molecule has 0 fully saturated rings. The van der Waals surface area contributed by atoms with Gasteiger partial charge in [0.1, 0.15) is 8.07 Å². The smallest absolute Gasteiger partial charge is 0.564 e. The van der Waals surface area contributed by atoms with Gasteiger partial charge in [-0.1, -0.05) is 31.3 Å². The first-order valence-corrected chi connectivity index (χ1v) is 12.4. The Balaban J connectivity index is 0.00000218. The topological polar surface area (TPSA) is 48.2 Å². The molecule has 3 aromatic heterocycles. The molecule has 30 heavy (non-hydrogen) atoms. The molecule has 0 amide bonds. The fraction of sp³-hybridized carbons (Fsp3) is 0.0833. The SMILES string of the molecule is C[Si](C)(c1[c-]c2c(cc1)oc1ccc(Oc3ccccn3)[c-]c12)c1ccccn1.[Pt+2]. The van der Waals surface area contributed by atoms with Gasteiger partial charge in [0.15, 0.2) is 0 Å². The summed E-state index contributed by atoms with van der Waals surface area (Å²) in [5.41, 5.74) is 1.56. The quantitative estimate of drug-likeness (QED) is 0.228. The van der Waals surface area contributed by atoms with Crippen molar-refractivity contribution in [2.24, 2.45) is 0 Å². The van der Waals surface area contributed by atoms with Crippen LogP contribution in [0.3, 0.4) is 0 Å². The Labute approximate surface area is 190 Å². The van der Waals surface area contributed by atoms with Gasteiger partial charge < -0.3 is 9.15 Å². The number of benzene rings is 2. The molecule has 2 aromatic carbocycles. The minimum atomic E-state index is -1.97. The third kappa shape index (κ3) is 3.71. The Bertz CT molecular complexity index is 1300. The molecule has 150 valence electrons. The molecule has 0 aliphatic carbocycles. The largest absolute Gasteiger partial charge is 2.00 e. The maximum absolute atomic E-state index is 6.00. The summed E-state index contributed by atoms with van der Waals surface area (Å²) in [6.45, 7) is 4.57. The summed E-state index contributed by atoms with van der Waals surface area (Å²) in [6, 6.07) is 26.4. The van der Waals surface area contributed by atoms with Gasteiger partial charge in [0.05, 0.1) is 0 Å². The number of rotatable bonds is 4. The van der Waals surface area contributed by atoms with Gasteiger partial charge in [0, 0.05) is 29.5 Å². The number of pyridine rings is 2. The molecule has 0 N–H and O–H groups in total. The number of hydrogen-bond donors (Lipinski definition) is 0. The summed E-state index contributed by atoms with van der Waals surface area (Å²) in [4.78, 5) is 8.81. The summed E-state index contributed by atoms with van der Waals surface area (Å²) in [5, 5.41) is 4.09. The second-order valence-electron chi connectivity index (χ2n) is 7.39. The van der Waals surface area contributed by atoms with E-state index in [0.717, 1.165) is 27.3 Å². The van der Waals surface area contributed by atoms with E-state index in [1.54, 1.807) is 6.20 Å². The van der Waals surface area contributed by atoms with Crippen LogP contribution in [0.15, 0.2) is 77.5 Å². The number of aromatic nitrogens is 2. The molecule has 5 aromatic rings. The van der Waals surface area contributed by atoms with Crippen LogP contribution in [0.4, 0.5) is 0 Å². The van der Waals surface area contributed by atoms with E-state index in [1.165, 1.54) is 5.19 Å². The summed E-state index contributed by atoms with van der Waals surface area (Å²) in [7, 11) is -1.97. The predicted molar refractivity (Wildman–Crippen MR) is 117 cm³/mol. The predicted octanol–water partition coefficient (Wildman–Crippen LogP) is 4.59. The molecule has 0 aliphatic rings. The molecule has 4 nitrogen and oxygen atoms in total. The second-order valence-corrected chi connectivity index (χ2v) is 11.7. The van der Waals surface area contributed by atoms with Crippen LogP contribution >= 0.6 is 0 Å². The number of fused-ring (bicyclic) bond motifs is 3. The van der Waals surface area contributed by atoms with Crippen LogP contribution in [-0.4, -0.2) is 18.0 Å². The molecular formula is C24H18N2O2PtSi. The van der Waals surface area contributed by atoms with Crippen molar-refractivity contribution in [2.45, 2.75) is 13.1 Å². The van der Waals surface area contributed by atoms with E-state index >= 15 is 0 Å². The van der Waals surface area contributed by atoms with Gasteiger partial charge in [-0.2, -0.15) is 16.8 Å². The van der Waals surface area contributed by atoms with Gasteiger partial charge in [0.2, 0.25) is 5.88 Å². The van der Waals surface area contributed by atoms with Gasteiger partial charge in [-0.3, -0.25) is 4.98 Å². The van der Waals surface area contributed by atoms with Crippen molar-refractivity contribution in [3.8, 4) is 11.6 Å². The molecule has 3 heterocycles. The first-order chi connectivity index (χ1) is 14.1. The zero-order valence-corrected chi connectivity index (χ0v) is 19.7. The normalized spacial score (nSPS) is 11.4. The third-order valence-corrected chi connectivity index (χ3v) is 8.30. The number of ether oxygens (including phenoxy) is 1. The molecule has 0 aliphatic heterocycles. The zero-order valence-electron chi connectivity index (χ0n) is 16.5. The van der Waals surface area contributed by atoms with Crippen molar-refractivity contribution in [1.29, 1.82) is 0 Å². The molecule has 0 radical (unpaired) electrons. The average molecular weight is 590 g/mol. The monoisotopic (exact) mass is 589 g/mol. The van der Waals surface area contributed by atoms with Crippen LogP contribution in [0.2, 0.25) is 13.1 Å². The Morgan fingerprint density at radius 2 is 1.50 bits per heavy atom. The van der Waals surface area contributed by atoms with Crippen LogP contribution in [0.5, 0.6) is 11.6 Å². The fourth-order valence-corrected chi connectivity index (χ4v) is 5.54. The maximum Gasteiger partial charge on any atom is 2.00 e. The van der Waals surface area contributed by atoms with Crippen molar-refractivity contribution in [3.05, 3.63) is 85.2 Å². The summed E-state index contributed by atoms with van der Waals surface area (Å²) >= 11 is 0. The minimum absolute atomic E-state index is 0. The molecule has 0 spiro atoms. The van der Waals surface area contributed by atoms with Crippen molar-refractivity contribution < 1.29 is 30.2 Å². The molecule has 0 bridgehead atoms. The van der Waals surface area contributed by atoms with E-state index in [0.29, 0.717) is 11.6 Å². The Morgan fingerprint density at radius 3 is 2.20 bits per heavy atom. The minimum Gasteiger partial charge on any atom is -0.564 e. The van der Waals surface area contributed by atoms with Crippen LogP contribution in [-0.2, 0) is 21.1 Å². The van der Waals surface area contributed by atoms with Crippen LogP contribution in [0.1, 0.15) is 0 Å². The first kappa shape index (κ1) is 20.5. The van der Waals surface area contributed by atoms with Crippen LogP contribution in [0.25, 0.3) is 21.9 Å². The fourth-order valence-electron chi connectivity index (χ4n) is 3.42. The molecule has 0 unspecified atom stereocenters. The molecule has 5 rings (SSSR count). The first-order valence-electron chi connectivity index (χ1n) is 9.43. The maximum atomic E-state index is 6.00. The van der Waals surface area contributed by atoms with Gasteiger partial charge in [-0.15, -0.1) is 29.5 Å². The van der Waals surface area contributed by atoms with Gasteiger partial charge in [0.25, 0.3) is 0 Å². The molecule has 0 saturated heterocycles. The van der Waals surface area contributed by atoms with Gasteiger partial charge in [-0.05, 0) is 29.4 Å². The molecule has 0 saturated carbocycles. The Kier molecular flexibility index (Phi) is 5.59. The average Bonchev–Trinajstić information content (AvgIpc) is 3.12. The summed E-state index contributed by atoms with van der Waals surface area (Å²) in [5.74, 6) is 1.13. The van der Waals surface area contributed by atoms with E-state index in [9.17, 15) is 0 Å². The third-order valence-electron chi connectivity index (χ3n) is 5.09. The van der Waals surface area contributed by atoms with E-state index in [2.05, 4.69) is 47.3 Å². The Morgan fingerprint density at radius 1 is 0.800 bits per heavy atom. The molecular weight excluding hydrogens is 571 g/mol. The second kappa shape index (κ2) is 8.17. The number of nitrogens with zero attached hydrogens (tertiary/aromatic N) is 2. The van der Waals surface area contributed by atoms with Crippen molar-refractivity contribution in [2.75, 3.05) is 0 Å². The number of hydrogen-bond acceptors (Lipinski definition) is 4. The van der Waals surface area contributed by atoms with E-state index in [4.69, 9.17) is 9.15 Å². The van der Waals surface area contributed by atoms with Crippen LogP contribution in [0, 0.1) is 12.1 Å². The standard InChI is InChI=1S/C24H18N2O2Si.Pt/c1-29(2,24-8-4-6-14-26-24)18-10-12-22-20(16-18)19-15-17(9-11-21(19)28-22)27-23-7-3-5-13-25-23;/h3-14H,1-2H3;/q-2;+2. The number of furan rings is 1. The van der Waals surface area contributed by atoms with Crippen molar-refractivity contribution >= 4 is 40.5 Å². The van der Waals surface area contributed by atoms with E-state index in [-0.39, 0.29) is 21.1 Å². The molecule has 6 heteroatoms. The van der Waals surface area contributed by atoms with E-state index in [1.807, 2.05) is 54.7 Å².